The molecule has 1 fully saturated rings. The molecule has 0 saturated carbocycles. The normalized spacial score (nSPS) is 15.1. The number of aliphatic hydroxyl groups excluding tert-OH is 1. The van der Waals surface area contributed by atoms with Gasteiger partial charge in [-0.05, 0) is 167 Å². The Morgan fingerprint density at radius 1 is 0.504 bits per heavy atom. The molecule has 636 valence electrons. The van der Waals surface area contributed by atoms with Crippen LogP contribution in [0.25, 0.3) is 10.8 Å². The summed E-state index contributed by atoms with van der Waals surface area (Å²) in [5.41, 5.74) is 18.6. The maximum atomic E-state index is 15.2. The van der Waals surface area contributed by atoms with Crippen molar-refractivity contribution in [3.05, 3.63) is 143 Å². The standard InChI is InChI=1S/C82H116ClN19O15/c1-49(2)42-64(75(110)97-63(27-12-13-36-88-50(3)4)81(116)102-41-19-28-69(102)80(115)93-51(5)70(85)105)98-74(109)62(26-11-16-39-91-72(107)60-24-9-14-37-89-60)95-73(108)61(25-10-15-38-90-71(106)59(84)23-18-40-92-82(86)117)96-79(114)68(48-103)101-78(113)67(46-55-20-17-35-87-47-55)100-77(112)66(44-53-30-33-58(83)34-31-53)99-76(111)65(94-52(6)104)45-54-29-32-56-21-7-8-22-57(56)43-54/h7-9,14,17,20-22,24,29-35,37,43,47,49-51,59,61-69,88,103H,10-13,15-16,18-19,23,25-28,36,38-42,44-46,48,84H2,1-6H3,(H2,85,105)(H,90,106)(H,91,107)(H,93,115)(H,94,104)(H,95,108)(H,96,114)(H,97,110)(H,98,109)(H,99,111)(H,100,112)(H,101,113)(H3,86,92,117)/t51-,59+,61+,62-,63+,64+,65-,66-,67-,68+,69+/m1/s1. The summed E-state index contributed by atoms with van der Waals surface area (Å²) in [5.74, 6) is -10.1. The number of aromatic nitrogens is 2. The first-order valence-electron chi connectivity index (χ1n) is 39.9. The van der Waals surface area contributed by atoms with E-state index in [9.17, 15) is 62.6 Å². The van der Waals surface area contributed by atoms with Gasteiger partial charge in [-0.3, -0.25) is 72.3 Å². The van der Waals surface area contributed by atoms with Crippen LogP contribution in [0.4, 0.5) is 4.79 Å². The van der Waals surface area contributed by atoms with Crippen LogP contribution in [-0.2, 0) is 76.8 Å². The van der Waals surface area contributed by atoms with Crippen molar-refractivity contribution >= 4 is 105 Å². The van der Waals surface area contributed by atoms with Crippen LogP contribution < -0.4 is 86.3 Å². The zero-order valence-electron chi connectivity index (χ0n) is 67.4. The molecule has 11 atom stereocenters. The Labute approximate surface area is 686 Å². The lowest BCUT2D eigenvalue weighted by molar-refractivity contribution is -0.142. The van der Waals surface area contributed by atoms with E-state index in [-0.39, 0.29) is 127 Å². The van der Waals surface area contributed by atoms with E-state index in [1.165, 1.54) is 43.4 Å². The van der Waals surface area contributed by atoms with E-state index in [2.05, 4.69) is 79.1 Å². The van der Waals surface area contributed by atoms with Crippen molar-refractivity contribution in [1.29, 1.82) is 0 Å². The van der Waals surface area contributed by atoms with Crippen molar-refractivity contribution in [2.24, 2.45) is 23.1 Å². The van der Waals surface area contributed by atoms with E-state index in [0.717, 1.165) is 10.8 Å². The van der Waals surface area contributed by atoms with Gasteiger partial charge >= 0.3 is 6.03 Å². The third kappa shape index (κ3) is 33.5. The number of urea groups is 1. The van der Waals surface area contributed by atoms with Gasteiger partial charge in [-0.2, -0.15) is 0 Å². The first-order chi connectivity index (χ1) is 55.9. The minimum absolute atomic E-state index is 0.0126. The fourth-order valence-electron chi connectivity index (χ4n) is 13.2. The number of aliphatic hydroxyl groups is 1. The molecule has 0 bridgehead atoms. The zero-order chi connectivity index (χ0) is 85.5. The molecule has 1 aliphatic rings. The van der Waals surface area contributed by atoms with Crippen LogP contribution in [0.1, 0.15) is 159 Å². The number of carbonyl (C=O) groups excluding carboxylic acids is 14. The molecule has 3 aromatic carbocycles. The number of benzene rings is 3. The highest BCUT2D eigenvalue weighted by atomic mass is 35.5. The second-order valence-electron chi connectivity index (χ2n) is 30.0. The van der Waals surface area contributed by atoms with Crippen LogP contribution in [0.5, 0.6) is 0 Å². The highest BCUT2D eigenvalue weighted by molar-refractivity contribution is 6.30. The summed E-state index contributed by atoms with van der Waals surface area (Å²) in [6, 6.07) is 12.4. The molecule has 1 saturated heterocycles. The average Bonchev–Trinajstić information content (AvgIpc) is 1.80. The van der Waals surface area contributed by atoms with E-state index in [4.69, 9.17) is 28.8 Å². The molecule has 3 heterocycles. The average molecular weight is 1640 g/mol. The van der Waals surface area contributed by atoms with E-state index in [0.29, 0.717) is 53.9 Å². The second-order valence-corrected chi connectivity index (χ2v) is 30.4. The molecule has 117 heavy (non-hydrogen) atoms. The number of hydrogen-bond acceptors (Lipinski definition) is 19. The van der Waals surface area contributed by atoms with Crippen LogP contribution in [0.3, 0.4) is 0 Å². The molecule has 6 rings (SSSR count). The van der Waals surface area contributed by atoms with E-state index in [1.54, 1.807) is 62.4 Å². The van der Waals surface area contributed by atoms with Gasteiger partial charge in [0.1, 0.15) is 66.1 Å². The largest absolute Gasteiger partial charge is 0.394 e. The Balaban J connectivity index is 1.30. The molecular formula is C82H116ClN19O15. The molecule has 15 amide bonds. The number of nitrogens with two attached hydrogens (primary N) is 3. The molecule has 0 spiro atoms. The predicted octanol–water partition coefficient (Wildman–Crippen LogP) is 1.06. The van der Waals surface area contributed by atoms with E-state index < -0.39 is 156 Å². The molecule has 5 aromatic rings. The number of rotatable bonds is 50. The Kier molecular flexibility index (Phi) is 40.1. The molecule has 0 radical (unpaired) electrons. The summed E-state index contributed by atoms with van der Waals surface area (Å²) in [6.45, 7) is 10.2. The molecule has 0 aliphatic carbocycles. The maximum absolute atomic E-state index is 15.2. The van der Waals surface area contributed by atoms with Crippen LogP contribution in [0, 0.1) is 5.92 Å². The van der Waals surface area contributed by atoms with Gasteiger partial charge < -0.3 is 96.3 Å². The van der Waals surface area contributed by atoms with Crippen LogP contribution in [-0.4, -0.2) is 215 Å². The van der Waals surface area contributed by atoms with Crippen LogP contribution in [0.15, 0.2) is 116 Å². The van der Waals surface area contributed by atoms with Crippen molar-refractivity contribution in [2.45, 2.75) is 223 Å². The molecule has 20 N–H and O–H groups in total. The highest BCUT2D eigenvalue weighted by Gasteiger charge is 2.40. The molecular weight excluding hydrogens is 1530 g/mol. The number of nitrogens with zero attached hydrogens (tertiary/aromatic N) is 3. The van der Waals surface area contributed by atoms with Gasteiger partial charge in [0.05, 0.1) is 12.6 Å². The number of carbonyl (C=O) groups is 14. The SMILES string of the molecule is CC(=O)N[C@H](Cc1ccc2ccccc2c1)C(=O)N[C@H](Cc1ccc(Cl)cc1)C(=O)N[C@H](Cc1cccnc1)C(=O)N[C@@H](CO)C(=O)N[C@@H](CCCCNC(=O)[C@@H](N)CCCNC(N)=O)C(=O)N[C@H](CCCCNC(=O)c1ccccn1)C(=O)N[C@@H](CC(C)C)C(=O)N[C@@H](CCCCNC(C)C)C(=O)N1CCC[C@H]1C(=O)N[C@H](C)C(N)=O. The van der Waals surface area contributed by atoms with Gasteiger partial charge in [-0.25, -0.2) is 4.79 Å². The lowest BCUT2D eigenvalue weighted by atomic mass is 9.99. The van der Waals surface area contributed by atoms with Crippen LogP contribution in [0.2, 0.25) is 5.02 Å². The molecule has 0 unspecified atom stereocenters. The van der Waals surface area contributed by atoms with Crippen LogP contribution >= 0.6 is 11.6 Å². The minimum Gasteiger partial charge on any atom is -0.394 e. The first-order valence-corrected chi connectivity index (χ1v) is 40.3. The Bertz CT molecular complexity index is 4130. The molecule has 34 nitrogen and oxygen atoms in total. The number of unbranched alkanes of at least 4 members (excludes halogenated alkanes) is 3. The zero-order valence-corrected chi connectivity index (χ0v) is 68.1. The summed E-state index contributed by atoms with van der Waals surface area (Å²) in [5, 5.41) is 49.0. The Hall–Kier alpha value is -11.2. The lowest BCUT2D eigenvalue weighted by Gasteiger charge is -2.31. The number of hydrogen-bond donors (Lipinski definition) is 17. The predicted molar refractivity (Wildman–Crippen MR) is 439 cm³/mol. The number of likely N-dealkylation sites (tertiary alicyclic amines) is 1. The lowest BCUT2D eigenvalue weighted by Crippen LogP contribution is -2.61. The van der Waals surface area contributed by atoms with E-state index >= 15 is 9.59 Å². The Morgan fingerprint density at radius 2 is 1.03 bits per heavy atom. The minimum atomic E-state index is -1.86. The number of halogens is 1. The quantitative estimate of drug-likeness (QED) is 0.0242. The van der Waals surface area contributed by atoms with Crippen molar-refractivity contribution in [1.82, 2.24) is 84.0 Å². The van der Waals surface area contributed by atoms with Crippen molar-refractivity contribution < 1.29 is 72.2 Å². The number of fused-ring (bicyclic) bond motifs is 1. The van der Waals surface area contributed by atoms with Crippen molar-refractivity contribution in [3.8, 4) is 0 Å². The van der Waals surface area contributed by atoms with Gasteiger partial charge in [-0.15, -0.1) is 0 Å². The third-order valence-electron chi connectivity index (χ3n) is 19.5. The van der Waals surface area contributed by atoms with Gasteiger partial charge in [0.2, 0.25) is 70.9 Å². The number of amides is 15. The summed E-state index contributed by atoms with van der Waals surface area (Å²) < 4.78 is 0. The van der Waals surface area contributed by atoms with Gasteiger partial charge in [-0.1, -0.05) is 106 Å². The summed E-state index contributed by atoms with van der Waals surface area (Å²) >= 11 is 6.27. The fourth-order valence-corrected chi connectivity index (χ4v) is 13.3. The monoisotopic (exact) mass is 1640 g/mol. The topological polar surface area (TPSA) is 523 Å². The number of primary amides is 2. The van der Waals surface area contributed by atoms with Gasteiger partial charge in [0, 0.05) is 82.0 Å². The second kappa shape index (κ2) is 49.6. The third-order valence-corrected chi connectivity index (χ3v) is 19.8. The van der Waals surface area contributed by atoms with Gasteiger partial charge in [0.25, 0.3) is 5.91 Å². The smallest absolute Gasteiger partial charge is 0.312 e. The van der Waals surface area contributed by atoms with Crippen molar-refractivity contribution in [3.63, 3.8) is 0 Å². The fraction of sp³-hybridized carbons (Fsp3) is 0.512. The highest BCUT2D eigenvalue weighted by Crippen LogP contribution is 2.23. The number of pyridine rings is 2. The Morgan fingerprint density at radius 3 is 1.61 bits per heavy atom. The number of nitrogens with one attached hydrogen (secondary N) is 13. The molecule has 35 heteroatoms. The van der Waals surface area contributed by atoms with Gasteiger partial charge in [0.15, 0.2) is 0 Å². The first kappa shape index (κ1) is 94.6. The molecule has 2 aromatic heterocycles. The summed E-state index contributed by atoms with van der Waals surface area (Å²) in [6.07, 6.45) is 6.68. The van der Waals surface area contributed by atoms with Crippen molar-refractivity contribution in [2.75, 3.05) is 39.3 Å². The summed E-state index contributed by atoms with van der Waals surface area (Å²) in [7, 11) is 0. The summed E-state index contributed by atoms with van der Waals surface area (Å²) in [4.78, 5) is 205. The molecule has 1 aliphatic heterocycles. The van der Waals surface area contributed by atoms with E-state index in [1.807, 2.05) is 56.3 Å². The maximum Gasteiger partial charge on any atom is 0.312 e.